The molecule has 1 heteroatoms. The Hall–Kier alpha value is 0.170. The maximum absolute atomic E-state index is 3.73. The molecule has 0 nitrogen and oxygen atoms in total. The van der Waals surface area contributed by atoms with E-state index in [9.17, 15) is 0 Å². The molecule has 0 aliphatic heterocycles. The van der Waals surface area contributed by atoms with Gasteiger partial charge in [0, 0.05) is 0 Å². The van der Waals surface area contributed by atoms with Gasteiger partial charge in [-0.25, -0.2) is 0 Å². The second-order valence-corrected chi connectivity index (χ2v) is 2.55. The highest BCUT2D eigenvalue weighted by Crippen LogP contribution is 1.99. The number of unbranched alkanes of at least 4 members (excludes halogenated alkanes) is 2. The molecule has 0 atom stereocenters. The first-order valence-electron chi connectivity index (χ1n) is 2.84. The summed E-state index contributed by atoms with van der Waals surface area (Å²) in [7, 11) is 1.30. The molecule has 0 aromatic heterocycles. The molecular formula is C6H13P. The number of hydrogen-bond donors (Lipinski definition) is 0. The fraction of sp³-hybridized carbons (Fsp3) is 0.833. The highest BCUT2D eigenvalue weighted by Gasteiger charge is 1.77. The van der Waals surface area contributed by atoms with Crippen LogP contribution in [0.3, 0.4) is 0 Å². The van der Waals surface area contributed by atoms with E-state index < -0.39 is 0 Å². The van der Waals surface area contributed by atoms with Crippen LogP contribution in [-0.2, 0) is 0 Å². The van der Waals surface area contributed by atoms with Gasteiger partial charge in [0.05, 0.1) is 0 Å². The Morgan fingerprint density at radius 2 is 2.14 bits per heavy atom. The summed E-state index contributed by atoms with van der Waals surface area (Å²) in [5.74, 6) is 0. The molecule has 0 aliphatic rings. The third-order valence-electron chi connectivity index (χ3n) is 0.920. The summed E-state index contributed by atoms with van der Waals surface area (Å²) in [5.41, 5.74) is 0. The Kier molecular flexibility index (Phi) is 6.32. The highest BCUT2D eigenvalue weighted by molar-refractivity contribution is 7.36. The van der Waals surface area contributed by atoms with Crippen molar-refractivity contribution < 1.29 is 0 Å². The van der Waals surface area contributed by atoms with E-state index in [0.29, 0.717) is 0 Å². The van der Waals surface area contributed by atoms with Crippen molar-refractivity contribution in [2.45, 2.75) is 26.2 Å². The van der Waals surface area contributed by atoms with Crippen LogP contribution in [0.15, 0.2) is 0 Å². The van der Waals surface area contributed by atoms with Gasteiger partial charge < -0.3 is 0 Å². The van der Waals surface area contributed by atoms with Crippen LogP contribution in [0.4, 0.5) is 0 Å². The Morgan fingerprint density at radius 3 is 2.57 bits per heavy atom. The molecule has 0 amide bonds. The number of hydrogen-bond acceptors (Lipinski definition) is 0. The van der Waals surface area contributed by atoms with E-state index in [-0.39, 0.29) is 0 Å². The van der Waals surface area contributed by atoms with E-state index in [2.05, 4.69) is 13.2 Å². The van der Waals surface area contributed by atoms with Crippen molar-refractivity contribution in [1.82, 2.24) is 0 Å². The van der Waals surface area contributed by atoms with Crippen LogP contribution < -0.4 is 0 Å². The van der Waals surface area contributed by atoms with Crippen molar-refractivity contribution in [3.8, 4) is 0 Å². The zero-order valence-electron chi connectivity index (χ0n) is 4.98. The van der Waals surface area contributed by atoms with E-state index in [1.165, 1.54) is 33.6 Å². The summed E-state index contributed by atoms with van der Waals surface area (Å²) in [6.07, 6.45) is 9.08. The van der Waals surface area contributed by atoms with Gasteiger partial charge in [-0.1, -0.05) is 26.1 Å². The Labute approximate surface area is 47.7 Å². The summed E-state index contributed by atoms with van der Waals surface area (Å²) >= 11 is 0. The van der Waals surface area contributed by atoms with E-state index in [0.717, 1.165) is 0 Å². The highest BCUT2D eigenvalue weighted by atomic mass is 31.1. The van der Waals surface area contributed by atoms with Gasteiger partial charge in [-0.15, -0.1) is 8.20 Å². The average molecular weight is 116 g/mol. The minimum Gasteiger partial charge on any atom is -0.112 e. The van der Waals surface area contributed by atoms with Gasteiger partial charge in [-0.2, -0.15) is 0 Å². The molecular weight excluding hydrogens is 103 g/mol. The van der Waals surface area contributed by atoms with Crippen LogP contribution in [0.2, 0.25) is 0 Å². The van der Waals surface area contributed by atoms with E-state index in [4.69, 9.17) is 0 Å². The maximum Gasteiger partial charge on any atom is -0.0112 e. The SMILES string of the molecule is C=PCCCCC. The molecule has 0 aromatic rings. The predicted octanol–water partition coefficient (Wildman–Crippen LogP) is 2.55. The van der Waals surface area contributed by atoms with Gasteiger partial charge in [0.15, 0.2) is 0 Å². The molecule has 42 valence electrons. The standard InChI is InChI=1S/C6H13P/c1-3-4-5-6-7-2/h2-6H2,1H3. The van der Waals surface area contributed by atoms with Crippen LogP contribution in [0.5, 0.6) is 0 Å². The number of rotatable bonds is 4. The summed E-state index contributed by atoms with van der Waals surface area (Å²) in [6.45, 7) is 2.22. The Balaban J connectivity index is 2.56. The first-order valence-corrected chi connectivity index (χ1v) is 4.10. The molecule has 0 saturated carbocycles. The normalized spacial score (nSPS) is 9.86. The second kappa shape index (κ2) is 6.17. The van der Waals surface area contributed by atoms with E-state index in [1.807, 2.05) is 0 Å². The van der Waals surface area contributed by atoms with Crippen molar-refractivity contribution in [1.29, 1.82) is 0 Å². The molecule has 0 N–H and O–H groups in total. The van der Waals surface area contributed by atoms with Gasteiger partial charge >= 0.3 is 0 Å². The maximum atomic E-state index is 3.73. The van der Waals surface area contributed by atoms with Gasteiger partial charge in [0.25, 0.3) is 0 Å². The minimum absolute atomic E-state index is 1.29. The topological polar surface area (TPSA) is 0 Å². The molecule has 0 bridgehead atoms. The second-order valence-electron chi connectivity index (χ2n) is 1.65. The lowest BCUT2D eigenvalue weighted by Crippen LogP contribution is -1.71. The Bertz CT molecular complexity index is 41.4. The van der Waals surface area contributed by atoms with Gasteiger partial charge in [-0.3, -0.25) is 0 Å². The van der Waals surface area contributed by atoms with E-state index >= 15 is 0 Å². The predicted molar refractivity (Wildman–Crippen MR) is 38.4 cm³/mol. The molecule has 0 fully saturated rings. The van der Waals surface area contributed by atoms with Crippen LogP contribution >= 0.6 is 8.20 Å². The van der Waals surface area contributed by atoms with Crippen molar-refractivity contribution in [2.75, 3.05) is 6.16 Å². The van der Waals surface area contributed by atoms with Crippen LogP contribution in [0.25, 0.3) is 0 Å². The van der Waals surface area contributed by atoms with Crippen molar-refractivity contribution in [3.63, 3.8) is 0 Å². The first kappa shape index (κ1) is 7.17. The van der Waals surface area contributed by atoms with Gasteiger partial charge in [-0.05, 0) is 12.6 Å². The van der Waals surface area contributed by atoms with Gasteiger partial charge in [0.1, 0.15) is 0 Å². The largest absolute Gasteiger partial charge is 0.112 e. The summed E-state index contributed by atoms with van der Waals surface area (Å²) < 4.78 is 0. The first-order chi connectivity index (χ1) is 3.41. The van der Waals surface area contributed by atoms with Crippen LogP contribution in [-0.4, -0.2) is 12.5 Å². The van der Waals surface area contributed by atoms with Crippen LogP contribution in [0, 0.1) is 0 Å². The third-order valence-corrected chi connectivity index (χ3v) is 1.55. The third kappa shape index (κ3) is 6.17. The zero-order valence-corrected chi connectivity index (χ0v) is 5.88. The zero-order chi connectivity index (χ0) is 5.54. The molecule has 0 saturated heterocycles. The smallest absolute Gasteiger partial charge is 0.0112 e. The summed E-state index contributed by atoms with van der Waals surface area (Å²) in [4.78, 5) is 0. The van der Waals surface area contributed by atoms with Crippen molar-refractivity contribution >= 4 is 14.5 Å². The van der Waals surface area contributed by atoms with Crippen molar-refractivity contribution in [2.24, 2.45) is 0 Å². The lowest BCUT2D eigenvalue weighted by molar-refractivity contribution is 0.778. The molecule has 0 heterocycles. The average Bonchev–Trinajstić information content (AvgIpc) is 1.69. The molecule has 7 heavy (non-hydrogen) atoms. The van der Waals surface area contributed by atoms with E-state index in [1.54, 1.807) is 0 Å². The fourth-order valence-corrected chi connectivity index (χ4v) is 0.921. The van der Waals surface area contributed by atoms with Crippen molar-refractivity contribution in [3.05, 3.63) is 0 Å². The molecule has 0 aromatic carbocycles. The molecule has 0 unspecified atom stereocenters. The molecule has 0 radical (unpaired) electrons. The lowest BCUT2D eigenvalue weighted by Gasteiger charge is -1.87. The monoisotopic (exact) mass is 116 g/mol. The fourth-order valence-electron chi connectivity index (χ4n) is 0.474. The molecule has 0 rings (SSSR count). The quantitative estimate of drug-likeness (QED) is 0.391. The summed E-state index contributed by atoms with van der Waals surface area (Å²) in [6, 6.07) is 0. The lowest BCUT2D eigenvalue weighted by atomic mass is 10.3. The minimum atomic E-state index is 1.29. The Morgan fingerprint density at radius 1 is 1.43 bits per heavy atom. The molecule has 0 spiro atoms. The molecule has 0 aliphatic carbocycles. The summed E-state index contributed by atoms with van der Waals surface area (Å²) in [5, 5.41) is 0. The van der Waals surface area contributed by atoms with Crippen LogP contribution in [0.1, 0.15) is 26.2 Å². The van der Waals surface area contributed by atoms with Gasteiger partial charge in [0.2, 0.25) is 0 Å².